The van der Waals surface area contributed by atoms with Crippen molar-refractivity contribution in [3.05, 3.63) is 90.5 Å². The SMILES string of the molecule is C[C@@]1(C(=O)Nc2ccccc2)Cc2ccccc2N(c2ccccc2)C1=O. The molecule has 134 valence electrons. The molecule has 0 bridgehead atoms. The van der Waals surface area contributed by atoms with E-state index in [2.05, 4.69) is 5.32 Å². The van der Waals surface area contributed by atoms with Crippen molar-refractivity contribution in [1.82, 2.24) is 0 Å². The summed E-state index contributed by atoms with van der Waals surface area (Å²) in [6.45, 7) is 1.72. The van der Waals surface area contributed by atoms with Crippen molar-refractivity contribution in [1.29, 1.82) is 0 Å². The summed E-state index contributed by atoms with van der Waals surface area (Å²) in [6.07, 6.45) is 0.365. The number of amides is 2. The molecule has 1 aliphatic rings. The van der Waals surface area contributed by atoms with Crippen molar-refractivity contribution in [2.45, 2.75) is 13.3 Å². The monoisotopic (exact) mass is 356 g/mol. The second-order valence-electron chi connectivity index (χ2n) is 6.93. The second-order valence-corrected chi connectivity index (χ2v) is 6.93. The minimum Gasteiger partial charge on any atom is -0.325 e. The second kappa shape index (κ2) is 6.72. The van der Waals surface area contributed by atoms with E-state index in [9.17, 15) is 9.59 Å². The molecule has 0 fully saturated rings. The molecule has 0 spiro atoms. The Kier molecular flexibility index (Phi) is 4.24. The van der Waals surface area contributed by atoms with Gasteiger partial charge in [-0.1, -0.05) is 54.6 Å². The minimum absolute atomic E-state index is 0.221. The number of rotatable bonds is 3. The van der Waals surface area contributed by atoms with E-state index in [1.165, 1.54) is 0 Å². The third-order valence-electron chi connectivity index (χ3n) is 5.00. The molecule has 0 aliphatic carbocycles. The summed E-state index contributed by atoms with van der Waals surface area (Å²) in [5.74, 6) is -0.519. The normalized spacial score (nSPS) is 18.7. The van der Waals surface area contributed by atoms with Crippen molar-refractivity contribution >= 4 is 28.9 Å². The van der Waals surface area contributed by atoms with Crippen LogP contribution in [-0.2, 0) is 16.0 Å². The molecule has 0 saturated heterocycles. The Morgan fingerprint density at radius 2 is 1.48 bits per heavy atom. The molecule has 3 aromatic rings. The van der Waals surface area contributed by atoms with Crippen molar-refractivity contribution in [3.8, 4) is 0 Å². The maximum atomic E-state index is 13.5. The molecule has 0 aromatic heterocycles. The van der Waals surface area contributed by atoms with E-state index in [0.29, 0.717) is 12.1 Å². The van der Waals surface area contributed by atoms with Gasteiger partial charge in [0.25, 0.3) is 0 Å². The molecule has 3 aromatic carbocycles. The molecular weight excluding hydrogens is 336 g/mol. The lowest BCUT2D eigenvalue weighted by Crippen LogP contribution is -2.52. The summed E-state index contributed by atoms with van der Waals surface area (Å²) >= 11 is 0. The standard InChI is InChI=1S/C23H20N2O2/c1-23(21(26)24-18-11-4-2-5-12-18)16-17-10-8-9-15-20(17)25(22(23)27)19-13-6-3-7-14-19/h2-15H,16H2,1H3,(H,24,26)/t23-/m0/s1. The molecule has 4 nitrogen and oxygen atoms in total. The van der Waals surface area contributed by atoms with Crippen LogP contribution in [0.2, 0.25) is 0 Å². The van der Waals surface area contributed by atoms with Crippen molar-refractivity contribution < 1.29 is 9.59 Å². The van der Waals surface area contributed by atoms with Gasteiger partial charge in [0.15, 0.2) is 0 Å². The van der Waals surface area contributed by atoms with E-state index in [1.54, 1.807) is 11.8 Å². The maximum absolute atomic E-state index is 13.5. The van der Waals surface area contributed by atoms with Gasteiger partial charge in [-0.2, -0.15) is 0 Å². The van der Waals surface area contributed by atoms with Crippen LogP contribution in [0.4, 0.5) is 17.1 Å². The highest BCUT2D eigenvalue weighted by Crippen LogP contribution is 2.42. The van der Waals surface area contributed by atoms with E-state index in [0.717, 1.165) is 16.9 Å². The van der Waals surface area contributed by atoms with E-state index in [1.807, 2.05) is 84.9 Å². The van der Waals surface area contributed by atoms with Gasteiger partial charge in [-0.05, 0) is 49.2 Å². The quantitative estimate of drug-likeness (QED) is 0.700. The Balaban J connectivity index is 1.76. The van der Waals surface area contributed by atoms with Gasteiger partial charge >= 0.3 is 0 Å². The van der Waals surface area contributed by atoms with Crippen molar-refractivity contribution in [2.75, 3.05) is 10.2 Å². The van der Waals surface area contributed by atoms with Crippen LogP contribution in [0.3, 0.4) is 0 Å². The van der Waals surface area contributed by atoms with Gasteiger partial charge in [0, 0.05) is 11.4 Å². The third-order valence-corrected chi connectivity index (χ3v) is 5.00. The number of carbonyl (C=O) groups excluding carboxylic acids is 2. The number of hydrogen-bond acceptors (Lipinski definition) is 2. The van der Waals surface area contributed by atoms with E-state index in [-0.39, 0.29) is 11.8 Å². The Morgan fingerprint density at radius 3 is 2.19 bits per heavy atom. The van der Waals surface area contributed by atoms with E-state index in [4.69, 9.17) is 0 Å². The maximum Gasteiger partial charge on any atom is 0.247 e. The molecule has 0 saturated carbocycles. The average Bonchev–Trinajstić information content (AvgIpc) is 2.70. The molecule has 2 amide bonds. The Labute approximate surface area is 158 Å². The molecule has 4 rings (SSSR count). The predicted molar refractivity (Wildman–Crippen MR) is 107 cm³/mol. The fourth-order valence-electron chi connectivity index (χ4n) is 3.49. The van der Waals surface area contributed by atoms with Crippen LogP contribution in [0, 0.1) is 5.41 Å². The number of benzene rings is 3. The zero-order chi connectivity index (χ0) is 18.9. The number of carbonyl (C=O) groups is 2. The first kappa shape index (κ1) is 17.0. The molecule has 4 heteroatoms. The van der Waals surface area contributed by atoms with Crippen LogP contribution in [0.15, 0.2) is 84.9 Å². The fraction of sp³-hybridized carbons (Fsp3) is 0.130. The minimum atomic E-state index is -1.19. The number of nitrogens with one attached hydrogen (secondary N) is 1. The summed E-state index contributed by atoms with van der Waals surface area (Å²) in [6, 6.07) is 26.4. The molecule has 27 heavy (non-hydrogen) atoms. The lowest BCUT2D eigenvalue weighted by Gasteiger charge is -2.39. The Hall–Kier alpha value is -3.40. The summed E-state index contributed by atoms with van der Waals surface area (Å²) in [7, 11) is 0. The van der Waals surface area contributed by atoms with Gasteiger partial charge in [0.05, 0.1) is 5.69 Å². The van der Waals surface area contributed by atoms with E-state index >= 15 is 0 Å². The van der Waals surface area contributed by atoms with Crippen LogP contribution < -0.4 is 10.2 Å². The van der Waals surface area contributed by atoms with Gasteiger partial charge in [-0.3, -0.25) is 14.5 Å². The van der Waals surface area contributed by atoms with Crippen LogP contribution >= 0.6 is 0 Å². The number of anilines is 3. The smallest absolute Gasteiger partial charge is 0.247 e. The first-order valence-electron chi connectivity index (χ1n) is 8.93. The lowest BCUT2D eigenvalue weighted by atomic mass is 9.77. The van der Waals surface area contributed by atoms with Crippen LogP contribution in [0.5, 0.6) is 0 Å². The molecule has 0 unspecified atom stereocenters. The highest BCUT2D eigenvalue weighted by Gasteiger charge is 2.48. The fourth-order valence-corrected chi connectivity index (χ4v) is 3.49. The Bertz CT molecular complexity index is 986. The topological polar surface area (TPSA) is 49.4 Å². The van der Waals surface area contributed by atoms with Crippen LogP contribution in [0.25, 0.3) is 0 Å². The number of fused-ring (bicyclic) bond motifs is 1. The van der Waals surface area contributed by atoms with Crippen LogP contribution in [-0.4, -0.2) is 11.8 Å². The number of nitrogens with zero attached hydrogens (tertiary/aromatic N) is 1. The molecule has 0 radical (unpaired) electrons. The highest BCUT2D eigenvalue weighted by atomic mass is 16.2. The summed E-state index contributed by atoms with van der Waals surface area (Å²) in [5, 5.41) is 2.90. The first-order valence-corrected chi connectivity index (χ1v) is 8.93. The van der Waals surface area contributed by atoms with Crippen molar-refractivity contribution in [3.63, 3.8) is 0 Å². The van der Waals surface area contributed by atoms with Gasteiger partial charge in [-0.25, -0.2) is 0 Å². The predicted octanol–water partition coefficient (Wildman–Crippen LogP) is 4.55. The van der Waals surface area contributed by atoms with Gasteiger partial charge in [0.2, 0.25) is 11.8 Å². The lowest BCUT2D eigenvalue weighted by molar-refractivity contribution is -0.137. The first-order chi connectivity index (χ1) is 13.1. The van der Waals surface area contributed by atoms with E-state index < -0.39 is 5.41 Å². The van der Waals surface area contributed by atoms with Gasteiger partial charge in [-0.15, -0.1) is 0 Å². The average molecular weight is 356 g/mol. The zero-order valence-electron chi connectivity index (χ0n) is 15.1. The summed E-state index contributed by atoms with van der Waals surface area (Å²) < 4.78 is 0. The number of hydrogen-bond donors (Lipinski definition) is 1. The largest absolute Gasteiger partial charge is 0.325 e. The number of para-hydroxylation sites is 3. The van der Waals surface area contributed by atoms with Crippen molar-refractivity contribution in [2.24, 2.45) is 5.41 Å². The summed E-state index contributed by atoms with van der Waals surface area (Å²) in [4.78, 5) is 28.3. The molecule has 1 N–H and O–H groups in total. The van der Waals surface area contributed by atoms with Gasteiger partial charge < -0.3 is 5.32 Å². The zero-order valence-corrected chi connectivity index (χ0v) is 15.1. The third kappa shape index (κ3) is 2.99. The molecule has 1 atom stereocenters. The van der Waals surface area contributed by atoms with Crippen LogP contribution in [0.1, 0.15) is 12.5 Å². The molecular formula is C23H20N2O2. The molecule has 1 heterocycles. The summed E-state index contributed by atoms with van der Waals surface area (Å²) in [5.41, 5.74) is 2.06. The molecule has 1 aliphatic heterocycles. The highest BCUT2D eigenvalue weighted by molar-refractivity contribution is 6.19. The van der Waals surface area contributed by atoms with Gasteiger partial charge in [0.1, 0.15) is 5.41 Å². The Morgan fingerprint density at radius 1 is 0.889 bits per heavy atom.